The first kappa shape index (κ1) is 87.3. The molecule has 0 aliphatic carbocycles. The van der Waals surface area contributed by atoms with Gasteiger partial charge in [-0.1, -0.05) is 282 Å². The fraction of sp³-hybridized carbons (Fsp3) is 0.833. The Kier molecular flexibility index (Phi) is 90.5. The number of carboxylic acids is 4. The molecule has 4 N–H and O–H groups in total. The van der Waals surface area contributed by atoms with E-state index in [2.05, 4.69) is 76.3 Å². The van der Waals surface area contributed by atoms with E-state index in [4.69, 9.17) is 20.4 Å². The van der Waals surface area contributed by atoms with Crippen LogP contribution in [-0.4, -0.2) is 44.3 Å². The fourth-order valence-electron chi connectivity index (χ4n) is 9.39. The zero-order valence-corrected chi connectivity index (χ0v) is 56.7. The van der Waals surface area contributed by atoms with Gasteiger partial charge in [0.15, 0.2) is 0 Å². The van der Waals surface area contributed by atoms with E-state index in [9.17, 15) is 19.2 Å². The van der Waals surface area contributed by atoms with Crippen molar-refractivity contribution in [1.29, 1.82) is 0 Å². The van der Waals surface area contributed by atoms with Crippen LogP contribution in [0.1, 0.15) is 387 Å². The molecule has 0 amide bonds. The molecule has 81 heavy (non-hydrogen) atoms. The normalized spacial score (nSPS) is 11.1. The van der Waals surface area contributed by atoms with Crippen LogP contribution < -0.4 is 0 Å². The van der Waals surface area contributed by atoms with Crippen LogP contribution in [0.25, 0.3) is 0 Å². The topological polar surface area (TPSA) is 149 Å². The van der Waals surface area contributed by atoms with Gasteiger partial charge >= 0.3 is 23.9 Å². The molecule has 0 rings (SSSR count). The van der Waals surface area contributed by atoms with Crippen LogP contribution in [0.2, 0.25) is 0 Å². The molecule has 0 saturated carbocycles. The van der Waals surface area contributed by atoms with Crippen molar-refractivity contribution in [1.82, 2.24) is 0 Å². The number of hydrogen-bond donors (Lipinski definition) is 4. The molecular formula is C72H136O8Re. The number of hydrogen-bond acceptors (Lipinski definition) is 4. The molecule has 0 atom stereocenters. The van der Waals surface area contributed by atoms with Crippen molar-refractivity contribution in [2.45, 2.75) is 387 Å². The fourth-order valence-corrected chi connectivity index (χ4v) is 9.39. The first-order chi connectivity index (χ1) is 39.1. The minimum Gasteiger partial charge on any atom is -0.481 e. The average Bonchev–Trinajstić information content (AvgIpc) is 3.43. The predicted octanol–water partition coefficient (Wildman–Crippen LogP) is 24.4. The predicted molar refractivity (Wildman–Crippen MR) is 348 cm³/mol. The first-order valence-electron chi connectivity index (χ1n) is 34.6. The first-order valence-corrected chi connectivity index (χ1v) is 34.6. The van der Waals surface area contributed by atoms with E-state index in [0.717, 1.165) is 51.4 Å². The van der Waals surface area contributed by atoms with E-state index in [1.54, 1.807) is 0 Å². The van der Waals surface area contributed by atoms with Gasteiger partial charge in [-0.05, 0) is 128 Å². The molecular weight excluding hydrogens is 1180 g/mol. The van der Waals surface area contributed by atoms with Gasteiger partial charge in [0, 0.05) is 46.1 Å². The van der Waals surface area contributed by atoms with Gasteiger partial charge in [-0.25, -0.2) is 0 Å². The number of aliphatic carboxylic acids is 4. The molecule has 1 radical (unpaired) electrons. The summed E-state index contributed by atoms with van der Waals surface area (Å²) in [4.78, 5) is 41.3. The third-order valence-electron chi connectivity index (χ3n) is 14.6. The van der Waals surface area contributed by atoms with Crippen LogP contribution in [-0.2, 0) is 39.6 Å². The molecule has 0 aliphatic rings. The Morgan fingerprint density at radius 3 is 0.432 bits per heavy atom. The summed E-state index contributed by atoms with van der Waals surface area (Å²) < 4.78 is 0. The van der Waals surface area contributed by atoms with Crippen LogP contribution in [0.5, 0.6) is 0 Å². The quantitative estimate of drug-likeness (QED) is 0.0347. The Morgan fingerprint density at radius 2 is 0.309 bits per heavy atom. The maximum atomic E-state index is 10.3. The molecule has 0 aromatic rings. The van der Waals surface area contributed by atoms with Crippen LogP contribution in [0.3, 0.4) is 0 Å². The summed E-state index contributed by atoms with van der Waals surface area (Å²) in [6, 6.07) is 0. The second-order valence-electron chi connectivity index (χ2n) is 22.9. The standard InChI is InChI=1S/4C18H34O2.Re/c4*1-2-3-4-5-6-7-8-9-10-11-12-13-14-15-16-17-18(19)20;/h4*9-10H,2-8,11-17H2,1H3,(H,19,20);/b4*10-9-;. The van der Waals surface area contributed by atoms with Gasteiger partial charge in [-0.15, -0.1) is 0 Å². The second kappa shape index (κ2) is 84.0. The van der Waals surface area contributed by atoms with Crippen LogP contribution in [0.4, 0.5) is 0 Å². The van der Waals surface area contributed by atoms with Crippen molar-refractivity contribution in [2.24, 2.45) is 0 Å². The molecule has 0 aromatic heterocycles. The molecule has 0 aliphatic heterocycles. The minimum atomic E-state index is -0.664. The molecule has 0 heterocycles. The molecule has 0 saturated heterocycles. The van der Waals surface area contributed by atoms with Crippen LogP contribution >= 0.6 is 0 Å². The summed E-state index contributed by atoms with van der Waals surface area (Å²) in [5.41, 5.74) is 0. The van der Waals surface area contributed by atoms with Gasteiger partial charge in [-0.2, -0.15) is 0 Å². The van der Waals surface area contributed by atoms with Gasteiger partial charge < -0.3 is 20.4 Å². The van der Waals surface area contributed by atoms with E-state index in [1.807, 2.05) is 0 Å². The molecule has 9 heteroatoms. The summed E-state index contributed by atoms with van der Waals surface area (Å²) in [6.07, 6.45) is 85.0. The maximum Gasteiger partial charge on any atom is 0.303 e. The van der Waals surface area contributed by atoms with E-state index in [0.29, 0.717) is 25.7 Å². The zero-order chi connectivity index (χ0) is 59.6. The Bertz CT molecular complexity index is 1140. The summed E-state index contributed by atoms with van der Waals surface area (Å²) in [7, 11) is 0. The third kappa shape index (κ3) is 103. The van der Waals surface area contributed by atoms with Gasteiger partial charge in [0.2, 0.25) is 0 Å². The molecule has 479 valence electrons. The molecule has 8 nitrogen and oxygen atoms in total. The summed E-state index contributed by atoms with van der Waals surface area (Å²) in [5, 5.41) is 34.0. The van der Waals surface area contributed by atoms with E-state index >= 15 is 0 Å². The molecule has 0 unspecified atom stereocenters. The monoisotopic (exact) mass is 1320 g/mol. The number of rotatable bonds is 60. The third-order valence-corrected chi connectivity index (χ3v) is 14.6. The van der Waals surface area contributed by atoms with Gasteiger partial charge in [0.25, 0.3) is 0 Å². The van der Waals surface area contributed by atoms with Gasteiger partial charge in [0.1, 0.15) is 0 Å². The SMILES string of the molecule is CCCCCCCC/C=C\CCCCCCCC(=O)O.CCCCCCCC/C=C\CCCCCCCC(=O)O.CCCCCCCC/C=C\CCCCCCCC(=O)O.CCCCCCCC/C=C\CCCCCCCC(=O)O.[Re]. The summed E-state index contributed by atoms with van der Waals surface area (Å²) in [5.74, 6) is -2.66. The Balaban J connectivity index is -0.000000316. The summed E-state index contributed by atoms with van der Waals surface area (Å²) in [6.45, 7) is 9.04. The van der Waals surface area contributed by atoms with E-state index < -0.39 is 23.9 Å². The Hall–Kier alpha value is -2.50. The van der Waals surface area contributed by atoms with Crippen LogP contribution in [0, 0.1) is 0 Å². The van der Waals surface area contributed by atoms with Crippen molar-refractivity contribution in [3.05, 3.63) is 48.6 Å². The Labute approximate surface area is 517 Å². The van der Waals surface area contributed by atoms with Crippen molar-refractivity contribution in [3.63, 3.8) is 0 Å². The Morgan fingerprint density at radius 1 is 0.198 bits per heavy atom. The van der Waals surface area contributed by atoms with E-state index in [1.165, 1.54) is 283 Å². The average molecular weight is 1320 g/mol. The smallest absolute Gasteiger partial charge is 0.303 e. The minimum absolute atomic E-state index is 0. The number of allylic oxidation sites excluding steroid dienone is 8. The van der Waals surface area contributed by atoms with Crippen molar-refractivity contribution < 1.29 is 60.0 Å². The van der Waals surface area contributed by atoms with Gasteiger partial charge in [0.05, 0.1) is 0 Å². The molecule has 0 aromatic carbocycles. The molecule has 0 bridgehead atoms. The maximum absolute atomic E-state index is 10.3. The van der Waals surface area contributed by atoms with Gasteiger partial charge in [-0.3, -0.25) is 19.2 Å². The zero-order valence-electron chi connectivity index (χ0n) is 54.0. The van der Waals surface area contributed by atoms with Crippen molar-refractivity contribution >= 4 is 23.9 Å². The number of unbranched alkanes of at least 4 members (excludes halogenated alkanes) is 44. The largest absolute Gasteiger partial charge is 0.481 e. The second-order valence-corrected chi connectivity index (χ2v) is 22.9. The molecule has 0 spiro atoms. The van der Waals surface area contributed by atoms with Crippen molar-refractivity contribution in [2.75, 3.05) is 0 Å². The summed E-state index contributed by atoms with van der Waals surface area (Å²) >= 11 is 0. The van der Waals surface area contributed by atoms with Crippen LogP contribution in [0.15, 0.2) is 48.6 Å². The molecule has 0 fully saturated rings. The number of carbonyl (C=O) groups is 4. The number of carboxylic acid groups (broad SMARTS) is 4. The van der Waals surface area contributed by atoms with Crippen molar-refractivity contribution in [3.8, 4) is 0 Å². The van der Waals surface area contributed by atoms with E-state index in [-0.39, 0.29) is 20.4 Å².